The zero-order valence-electron chi connectivity index (χ0n) is 33.4. The van der Waals surface area contributed by atoms with E-state index in [1.165, 1.54) is 35.0 Å². The summed E-state index contributed by atoms with van der Waals surface area (Å²) in [4.78, 5) is 57.3. The second-order valence-electron chi connectivity index (χ2n) is 15.0. The van der Waals surface area contributed by atoms with Gasteiger partial charge in [0.05, 0.1) is 32.8 Å². The molecule has 2 heterocycles. The highest BCUT2D eigenvalue weighted by Gasteiger charge is 2.30. The van der Waals surface area contributed by atoms with Gasteiger partial charge in [0.15, 0.2) is 5.69 Å². The molecule has 1 aromatic heterocycles. The van der Waals surface area contributed by atoms with Crippen molar-refractivity contribution in [2.45, 2.75) is 57.9 Å². The average Bonchev–Trinajstić information content (AvgIpc) is 3.55. The van der Waals surface area contributed by atoms with Crippen LogP contribution in [0.1, 0.15) is 80.3 Å². The highest BCUT2D eigenvalue weighted by molar-refractivity contribution is 7.90. The third-order valence-corrected chi connectivity index (χ3v) is 12.6. The SMILES string of the molecule is CCCCN(C(=O)c1nn(-c2ccc(C(=O)NS(=O)(=O)c3ccc4ccccc4c3)cc2C(=O)N2CCc3ccccc3C2)c(C)c1Cl)c1ccc(CC(C)C(=O)O)cc1. The lowest BCUT2D eigenvalue weighted by molar-refractivity contribution is -0.141. The number of carboxylic acids is 1. The fraction of sp³-hybridized carbons (Fsp3) is 0.239. The lowest BCUT2D eigenvalue weighted by Gasteiger charge is -2.29. The minimum atomic E-state index is -4.31. The molecule has 6 aromatic rings. The molecular formula is C46H44ClN5O7S. The quantitative estimate of drug-likeness (QED) is 0.118. The number of rotatable bonds is 13. The standard InChI is InChI=1S/C46H44ClN5O7S/c1-4-5-23-51(37-18-14-31(15-19-37)25-29(2)46(56)57)45(55)42-41(47)30(3)52(48-42)40-21-17-35(27-39(40)44(54)50-24-22-33-11-7-9-13-36(33)28-50)43(53)49-60(58,59)38-20-16-32-10-6-8-12-34(32)26-38/h6-21,26-27,29H,4-5,22-25,28H2,1-3H3,(H,49,53)(H,56,57). The molecule has 1 aliphatic rings. The molecule has 3 amide bonds. The predicted molar refractivity (Wildman–Crippen MR) is 230 cm³/mol. The Balaban J connectivity index is 1.24. The number of fused-ring (bicyclic) bond motifs is 2. The summed E-state index contributed by atoms with van der Waals surface area (Å²) in [5, 5.41) is 15.7. The maximum absolute atomic E-state index is 14.6. The number of nitrogens with zero attached hydrogens (tertiary/aromatic N) is 4. The number of halogens is 1. The second kappa shape index (κ2) is 17.5. The van der Waals surface area contributed by atoms with Gasteiger partial charge in [-0.3, -0.25) is 19.2 Å². The van der Waals surface area contributed by atoms with Crippen molar-refractivity contribution in [3.05, 3.63) is 153 Å². The third-order valence-electron chi connectivity index (χ3n) is 10.8. The van der Waals surface area contributed by atoms with Crippen LogP contribution in [-0.2, 0) is 34.2 Å². The van der Waals surface area contributed by atoms with E-state index in [4.69, 9.17) is 16.7 Å². The molecule has 308 valence electrons. The number of carbonyl (C=O) groups excluding carboxylic acids is 3. The molecule has 0 spiro atoms. The van der Waals surface area contributed by atoms with E-state index < -0.39 is 39.6 Å². The molecule has 1 atom stereocenters. The Bertz CT molecular complexity index is 2750. The molecule has 0 saturated heterocycles. The van der Waals surface area contributed by atoms with Crippen LogP contribution in [0.15, 0.2) is 114 Å². The van der Waals surface area contributed by atoms with Gasteiger partial charge in [0.1, 0.15) is 0 Å². The Morgan fingerprint density at radius 3 is 2.32 bits per heavy atom. The molecule has 2 N–H and O–H groups in total. The van der Waals surface area contributed by atoms with E-state index in [9.17, 15) is 32.7 Å². The number of benzene rings is 5. The molecule has 0 bridgehead atoms. The molecule has 7 rings (SSSR count). The van der Waals surface area contributed by atoms with Crippen molar-refractivity contribution in [1.29, 1.82) is 0 Å². The number of nitrogens with one attached hydrogen (secondary N) is 1. The minimum absolute atomic E-state index is 0.0533. The van der Waals surface area contributed by atoms with Crippen LogP contribution in [0.4, 0.5) is 5.69 Å². The van der Waals surface area contributed by atoms with Gasteiger partial charge in [0, 0.05) is 30.9 Å². The van der Waals surface area contributed by atoms with Crippen molar-refractivity contribution >= 4 is 61.8 Å². The first-order valence-corrected chi connectivity index (χ1v) is 21.6. The minimum Gasteiger partial charge on any atom is -0.481 e. The number of unbranched alkanes of at least 4 members (excludes halogenated alkanes) is 1. The van der Waals surface area contributed by atoms with E-state index in [0.717, 1.165) is 28.5 Å². The van der Waals surface area contributed by atoms with E-state index in [1.54, 1.807) is 66.1 Å². The Kier molecular flexibility index (Phi) is 12.2. The summed E-state index contributed by atoms with van der Waals surface area (Å²) in [5.74, 6) is -3.30. The molecule has 0 radical (unpaired) electrons. The first kappa shape index (κ1) is 41.8. The fourth-order valence-corrected chi connectivity index (χ4v) is 8.55. The van der Waals surface area contributed by atoms with Crippen LogP contribution in [0.5, 0.6) is 0 Å². The third kappa shape index (κ3) is 8.68. The summed E-state index contributed by atoms with van der Waals surface area (Å²) in [5.41, 5.74) is 4.03. The molecule has 0 aliphatic carbocycles. The molecular weight excluding hydrogens is 802 g/mol. The molecule has 1 unspecified atom stereocenters. The summed E-state index contributed by atoms with van der Waals surface area (Å²) >= 11 is 6.91. The number of aromatic nitrogens is 2. The van der Waals surface area contributed by atoms with Gasteiger partial charge < -0.3 is 14.9 Å². The number of aliphatic carboxylic acids is 1. The Morgan fingerprint density at radius 1 is 0.900 bits per heavy atom. The maximum Gasteiger partial charge on any atom is 0.306 e. The zero-order valence-corrected chi connectivity index (χ0v) is 35.0. The van der Waals surface area contributed by atoms with Gasteiger partial charge in [-0.1, -0.05) is 98.6 Å². The molecule has 5 aromatic carbocycles. The van der Waals surface area contributed by atoms with E-state index in [1.807, 2.05) is 43.3 Å². The van der Waals surface area contributed by atoms with E-state index in [-0.39, 0.29) is 32.4 Å². The number of sulfonamides is 1. The van der Waals surface area contributed by atoms with Crippen LogP contribution >= 0.6 is 11.6 Å². The van der Waals surface area contributed by atoms with Crippen molar-refractivity contribution in [1.82, 2.24) is 19.4 Å². The molecule has 60 heavy (non-hydrogen) atoms. The number of amides is 3. The Morgan fingerprint density at radius 2 is 1.60 bits per heavy atom. The number of carbonyl (C=O) groups is 4. The zero-order chi connectivity index (χ0) is 42.7. The molecule has 12 nitrogen and oxygen atoms in total. The summed E-state index contributed by atoms with van der Waals surface area (Å²) in [6.45, 7) is 6.37. The van der Waals surface area contributed by atoms with Crippen molar-refractivity contribution in [3.63, 3.8) is 0 Å². The summed E-state index contributed by atoms with van der Waals surface area (Å²) in [6.07, 6.45) is 2.42. The number of anilines is 1. The van der Waals surface area contributed by atoms with Crippen LogP contribution in [0, 0.1) is 12.8 Å². The van der Waals surface area contributed by atoms with Gasteiger partial charge in [-0.05, 0) is 96.1 Å². The van der Waals surface area contributed by atoms with E-state index in [0.29, 0.717) is 55.7 Å². The lowest BCUT2D eigenvalue weighted by atomic mass is 9.98. The summed E-state index contributed by atoms with van der Waals surface area (Å²) in [7, 11) is -4.31. The highest BCUT2D eigenvalue weighted by atomic mass is 35.5. The maximum atomic E-state index is 14.6. The van der Waals surface area contributed by atoms with Crippen LogP contribution in [0.2, 0.25) is 5.02 Å². The van der Waals surface area contributed by atoms with Gasteiger partial charge in [-0.15, -0.1) is 0 Å². The van der Waals surface area contributed by atoms with Gasteiger partial charge in [0.25, 0.3) is 27.7 Å². The molecule has 0 fully saturated rings. The second-order valence-corrected chi connectivity index (χ2v) is 17.1. The average molecular weight is 846 g/mol. The summed E-state index contributed by atoms with van der Waals surface area (Å²) < 4.78 is 30.6. The molecule has 14 heteroatoms. The fourth-order valence-electron chi connectivity index (χ4n) is 7.35. The Hall–Kier alpha value is -6.31. The van der Waals surface area contributed by atoms with E-state index >= 15 is 0 Å². The highest BCUT2D eigenvalue weighted by Crippen LogP contribution is 2.31. The van der Waals surface area contributed by atoms with Crippen molar-refractivity contribution in [2.75, 3.05) is 18.0 Å². The normalized spacial score (nSPS) is 13.1. The first-order chi connectivity index (χ1) is 28.7. The number of carboxylic acid groups (broad SMARTS) is 1. The van der Waals surface area contributed by atoms with Gasteiger partial charge >= 0.3 is 5.97 Å². The van der Waals surface area contributed by atoms with Crippen molar-refractivity contribution < 1.29 is 32.7 Å². The molecule has 0 saturated carbocycles. The Labute approximate surface area is 353 Å². The van der Waals surface area contributed by atoms with Crippen LogP contribution in [0.3, 0.4) is 0 Å². The van der Waals surface area contributed by atoms with Gasteiger partial charge in [-0.2, -0.15) is 5.10 Å². The van der Waals surface area contributed by atoms with Crippen molar-refractivity contribution in [3.8, 4) is 5.69 Å². The monoisotopic (exact) mass is 845 g/mol. The largest absolute Gasteiger partial charge is 0.481 e. The summed E-state index contributed by atoms with van der Waals surface area (Å²) in [6, 6.07) is 31.1. The van der Waals surface area contributed by atoms with Crippen LogP contribution in [0.25, 0.3) is 16.5 Å². The van der Waals surface area contributed by atoms with Gasteiger partial charge in [0.2, 0.25) is 0 Å². The lowest BCUT2D eigenvalue weighted by Crippen LogP contribution is -2.37. The number of hydrogen-bond acceptors (Lipinski definition) is 7. The molecule has 1 aliphatic heterocycles. The number of hydrogen-bond donors (Lipinski definition) is 2. The topological polar surface area (TPSA) is 159 Å². The smallest absolute Gasteiger partial charge is 0.306 e. The first-order valence-electron chi connectivity index (χ1n) is 19.7. The van der Waals surface area contributed by atoms with Crippen molar-refractivity contribution in [2.24, 2.45) is 5.92 Å². The van der Waals surface area contributed by atoms with E-state index in [2.05, 4.69) is 4.72 Å². The predicted octanol–water partition coefficient (Wildman–Crippen LogP) is 8.01. The van der Waals surface area contributed by atoms with Gasteiger partial charge in [-0.25, -0.2) is 17.8 Å². The van der Waals surface area contributed by atoms with Crippen LogP contribution < -0.4 is 9.62 Å². The van der Waals surface area contributed by atoms with Crippen LogP contribution in [-0.4, -0.2) is 65.0 Å².